The molecule has 0 aliphatic heterocycles. The molecule has 1 atom stereocenters. The number of nitrogens with zero attached hydrogens (tertiary/aromatic N) is 2. The lowest BCUT2D eigenvalue weighted by atomic mass is 9.96. The van der Waals surface area contributed by atoms with E-state index < -0.39 is 18.3 Å². The Balaban J connectivity index is 2.68. The van der Waals surface area contributed by atoms with Gasteiger partial charge in [0.1, 0.15) is 5.82 Å². The highest BCUT2D eigenvalue weighted by Crippen LogP contribution is 2.31. The third-order valence-electron chi connectivity index (χ3n) is 3.20. The van der Waals surface area contributed by atoms with E-state index in [1.165, 1.54) is 0 Å². The number of nitrogens with one attached hydrogen (secondary N) is 1. The van der Waals surface area contributed by atoms with Crippen LogP contribution in [0.1, 0.15) is 39.1 Å². The van der Waals surface area contributed by atoms with Gasteiger partial charge in [-0.15, -0.1) is 0 Å². The summed E-state index contributed by atoms with van der Waals surface area (Å²) < 4.78 is 43.8. The average Bonchev–Trinajstić information content (AvgIpc) is 2.46. The number of hydrogen-bond donors (Lipinski definition) is 2. The van der Waals surface area contributed by atoms with Gasteiger partial charge in [0, 0.05) is 36.5 Å². The number of rotatable bonds is 7. The van der Waals surface area contributed by atoms with E-state index in [2.05, 4.69) is 15.3 Å². The zero-order chi connectivity index (χ0) is 18.4. The highest BCUT2D eigenvalue weighted by molar-refractivity contribution is 5.10. The smallest absolute Gasteiger partial charge is 0.422 e. The zero-order valence-electron chi connectivity index (χ0n) is 14.3. The normalized spacial score (nSPS) is 15.5. The van der Waals surface area contributed by atoms with Crippen LogP contribution in [0.15, 0.2) is 24.7 Å². The summed E-state index contributed by atoms with van der Waals surface area (Å²) in [4.78, 5) is 8.41. The number of hydrogen-bond acceptors (Lipinski definition) is 5. The third-order valence-corrected chi connectivity index (χ3v) is 3.20. The molecular formula is C16H24F3N3O2. The Morgan fingerprint density at radius 1 is 1.21 bits per heavy atom. The second kappa shape index (κ2) is 7.94. The number of aromatic nitrogens is 2. The summed E-state index contributed by atoms with van der Waals surface area (Å²) in [6.07, 6.45) is -0.244. The van der Waals surface area contributed by atoms with Crippen molar-refractivity contribution in [2.24, 2.45) is 0 Å². The highest BCUT2D eigenvalue weighted by Gasteiger charge is 2.51. The van der Waals surface area contributed by atoms with Gasteiger partial charge in [-0.3, -0.25) is 0 Å². The van der Waals surface area contributed by atoms with Crippen molar-refractivity contribution < 1.29 is 23.0 Å². The van der Waals surface area contributed by atoms with E-state index in [0.717, 1.165) is 6.26 Å². The number of ether oxygens (including phenoxy) is 1. The maximum absolute atomic E-state index is 13.0. The molecule has 24 heavy (non-hydrogen) atoms. The first kappa shape index (κ1) is 20.4. The highest BCUT2D eigenvalue weighted by atomic mass is 19.4. The predicted octanol–water partition coefficient (Wildman–Crippen LogP) is 2.71. The van der Waals surface area contributed by atoms with Gasteiger partial charge in [-0.05, 0) is 13.0 Å². The minimum Gasteiger partial charge on any atom is -0.502 e. The maximum atomic E-state index is 13.0. The number of halogens is 3. The minimum atomic E-state index is -4.82. The standard InChI is InChI=1S/C16H24F3N3O2/c1-5-24-7-6-15(23,16(17,18)19)11-20-8-12-9-21-13(22-10-12)14(2,3)4/h6-7,9-10,20,23H,5,8,11H2,1-4H3/b7-6+/t15-/m1/s1. The SMILES string of the molecule is CCO/C=C/[C@@](O)(CNCc1cnc(C(C)(C)C)nc1)C(F)(F)F. The van der Waals surface area contributed by atoms with E-state index >= 15 is 0 Å². The van der Waals surface area contributed by atoms with Crippen molar-refractivity contribution in [3.63, 3.8) is 0 Å². The molecule has 2 N–H and O–H groups in total. The summed E-state index contributed by atoms with van der Waals surface area (Å²) in [5.74, 6) is 0.651. The summed E-state index contributed by atoms with van der Waals surface area (Å²) in [5.41, 5.74) is -2.58. The molecule has 0 saturated carbocycles. The molecule has 1 heterocycles. The van der Waals surface area contributed by atoms with Crippen molar-refractivity contribution in [1.29, 1.82) is 0 Å². The molecule has 5 nitrogen and oxygen atoms in total. The summed E-state index contributed by atoms with van der Waals surface area (Å²) in [6.45, 7) is 7.15. The second-order valence-electron chi connectivity index (χ2n) is 6.45. The molecule has 0 fully saturated rings. The van der Waals surface area contributed by atoms with Crippen LogP contribution in [0.2, 0.25) is 0 Å². The number of aliphatic hydroxyl groups is 1. The average molecular weight is 347 g/mol. The van der Waals surface area contributed by atoms with Crippen molar-refractivity contribution in [1.82, 2.24) is 15.3 Å². The van der Waals surface area contributed by atoms with Gasteiger partial charge in [-0.1, -0.05) is 20.8 Å². The van der Waals surface area contributed by atoms with Crippen LogP contribution in [-0.4, -0.2) is 40.0 Å². The van der Waals surface area contributed by atoms with Gasteiger partial charge < -0.3 is 15.2 Å². The number of alkyl halides is 3. The summed E-state index contributed by atoms with van der Waals surface area (Å²) in [5, 5.41) is 12.4. The van der Waals surface area contributed by atoms with Crippen LogP contribution < -0.4 is 5.32 Å². The van der Waals surface area contributed by atoms with Crippen molar-refractivity contribution in [2.75, 3.05) is 13.2 Å². The molecule has 0 radical (unpaired) electrons. The van der Waals surface area contributed by atoms with Crippen LogP contribution in [0, 0.1) is 0 Å². The molecule has 0 bridgehead atoms. The third kappa shape index (κ3) is 5.76. The van der Waals surface area contributed by atoms with Crippen LogP contribution in [0.4, 0.5) is 13.2 Å². The van der Waals surface area contributed by atoms with Gasteiger partial charge in [0.25, 0.3) is 0 Å². The van der Waals surface area contributed by atoms with E-state index in [1.54, 1.807) is 19.3 Å². The Kier molecular flexibility index (Phi) is 6.74. The van der Waals surface area contributed by atoms with Crippen molar-refractivity contribution >= 4 is 0 Å². The fourth-order valence-corrected chi connectivity index (χ4v) is 1.74. The first-order valence-corrected chi connectivity index (χ1v) is 7.60. The molecule has 1 rings (SSSR count). The Labute approximate surface area is 140 Å². The van der Waals surface area contributed by atoms with Gasteiger partial charge in [-0.2, -0.15) is 13.2 Å². The molecule has 0 aliphatic carbocycles. The van der Waals surface area contributed by atoms with Gasteiger partial charge in [0.15, 0.2) is 5.60 Å². The Morgan fingerprint density at radius 2 is 1.79 bits per heavy atom. The maximum Gasteiger partial charge on any atom is 0.422 e. The fourth-order valence-electron chi connectivity index (χ4n) is 1.74. The van der Waals surface area contributed by atoms with E-state index in [1.807, 2.05) is 20.8 Å². The summed E-state index contributed by atoms with van der Waals surface area (Å²) >= 11 is 0. The first-order valence-electron chi connectivity index (χ1n) is 7.60. The van der Waals surface area contributed by atoms with Crippen LogP contribution in [0.25, 0.3) is 0 Å². The zero-order valence-corrected chi connectivity index (χ0v) is 14.3. The molecule has 0 amide bonds. The Morgan fingerprint density at radius 3 is 2.25 bits per heavy atom. The van der Waals surface area contributed by atoms with Crippen molar-refractivity contribution in [2.45, 2.75) is 51.4 Å². The summed E-state index contributed by atoms with van der Waals surface area (Å²) in [7, 11) is 0. The van der Waals surface area contributed by atoms with Gasteiger partial charge >= 0.3 is 6.18 Å². The topological polar surface area (TPSA) is 67.3 Å². The quantitative estimate of drug-likeness (QED) is 0.743. The monoisotopic (exact) mass is 347 g/mol. The Bertz CT molecular complexity index is 539. The molecule has 0 aromatic carbocycles. The lowest BCUT2D eigenvalue weighted by Crippen LogP contribution is -2.51. The molecule has 8 heteroatoms. The van der Waals surface area contributed by atoms with Crippen LogP contribution in [-0.2, 0) is 16.7 Å². The minimum absolute atomic E-state index is 0.102. The molecule has 0 saturated heterocycles. The van der Waals surface area contributed by atoms with Crippen LogP contribution in [0.3, 0.4) is 0 Å². The van der Waals surface area contributed by atoms with Gasteiger partial charge in [0.05, 0.1) is 12.9 Å². The van der Waals surface area contributed by atoms with E-state index in [9.17, 15) is 18.3 Å². The lowest BCUT2D eigenvalue weighted by molar-refractivity contribution is -0.238. The van der Waals surface area contributed by atoms with Crippen molar-refractivity contribution in [3.8, 4) is 0 Å². The van der Waals surface area contributed by atoms with Crippen LogP contribution in [0.5, 0.6) is 0 Å². The van der Waals surface area contributed by atoms with Crippen molar-refractivity contribution in [3.05, 3.63) is 36.1 Å². The van der Waals surface area contributed by atoms with E-state index in [-0.39, 0.29) is 18.6 Å². The fraction of sp³-hybridized carbons (Fsp3) is 0.625. The van der Waals surface area contributed by atoms with Crippen LogP contribution >= 0.6 is 0 Å². The molecule has 0 aliphatic rings. The largest absolute Gasteiger partial charge is 0.502 e. The van der Waals surface area contributed by atoms with Gasteiger partial charge in [0.2, 0.25) is 0 Å². The predicted molar refractivity (Wildman–Crippen MR) is 84.2 cm³/mol. The molecular weight excluding hydrogens is 323 g/mol. The molecule has 0 unspecified atom stereocenters. The molecule has 0 spiro atoms. The summed E-state index contributed by atoms with van der Waals surface area (Å²) in [6, 6.07) is 0. The first-order chi connectivity index (χ1) is 11.0. The molecule has 136 valence electrons. The van der Waals surface area contributed by atoms with Gasteiger partial charge in [-0.25, -0.2) is 9.97 Å². The molecule has 1 aromatic rings. The van der Waals surface area contributed by atoms with E-state index in [4.69, 9.17) is 4.74 Å². The second-order valence-corrected chi connectivity index (χ2v) is 6.45. The molecule has 1 aromatic heterocycles. The Hall–Kier alpha value is -1.67. The lowest BCUT2D eigenvalue weighted by Gasteiger charge is -2.27. The van der Waals surface area contributed by atoms with E-state index in [0.29, 0.717) is 17.5 Å².